The van der Waals surface area contributed by atoms with Crippen molar-refractivity contribution in [2.45, 2.75) is 19.4 Å². The van der Waals surface area contributed by atoms with Gasteiger partial charge in [-0.2, -0.15) is 0 Å². The standard InChI is InChI=1S/C17H19NO/c1-14-7-9-16(10-8-14)18-12-17(19-13-18)11-15-5-3-2-4-6-15/h2-10,17H,11-13H2,1H3. The highest BCUT2D eigenvalue weighted by molar-refractivity contribution is 5.47. The predicted molar refractivity (Wildman–Crippen MR) is 78.4 cm³/mol. The Hall–Kier alpha value is -1.80. The summed E-state index contributed by atoms with van der Waals surface area (Å²) < 4.78 is 5.88. The van der Waals surface area contributed by atoms with Crippen molar-refractivity contribution in [3.05, 3.63) is 65.7 Å². The highest BCUT2D eigenvalue weighted by Gasteiger charge is 2.23. The van der Waals surface area contributed by atoms with E-state index in [0.717, 1.165) is 13.0 Å². The van der Waals surface area contributed by atoms with Crippen LogP contribution in [-0.2, 0) is 11.2 Å². The van der Waals surface area contributed by atoms with Crippen LogP contribution in [0.2, 0.25) is 0 Å². The molecule has 0 N–H and O–H groups in total. The summed E-state index contributed by atoms with van der Waals surface area (Å²) in [5.74, 6) is 0. The molecular formula is C17H19NO. The molecule has 2 aromatic carbocycles. The summed E-state index contributed by atoms with van der Waals surface area (Å²) in [6, 6.07) is 19.2. The summed E-state index contributed by atoms with van der Waals surface area (Å²) in [6.45, 7) is 3.78. The van der Waals surface area contributed by atoms with Crippen LogP contribution in [0.1, 0.15) is 11.1 Å². The van der Waals surface area contributed by atoms with Gasteiger partial charge in [0.15, 0.2) is 0 Å². The molecular weight excluding hydrogens is 234 g/mol. The van der Waals surface area contributed by atoms with Gasteiger partial charge in [0, 0.05) is 18.7 Å². The van der Waals surface area contributed by atoms with Crippen molar-refractivity contribution in [3.63, 3.8) is 0 Å². The number of benzene rings is 2. The fraction of sp³-hybridized carbons (Fsp3) is 0.294. The maximum absolute atomic E-state index is 5.88. The number of anilines is 1. The topological polar surface area (TPSA) is 12.5 Å². The minimum atomic E-state index is 0.295. The lowest BCUT2D eigenvalue weighted by molar-refractivity contribution is 0.117. The van der Waals surface area contributed by atoms with Crippen molar-refractivity contribution >= 4 is 5.69 Å². The van der Waals surface area contributed by atoms with E-state index in [2.05, 4.69) is 66.4 Å². The summed E-state index contributed by atoms with van der Waals surface area (Å²) in [6.07, 6.45) is 1.28. The summed E-state index contributed by atoms with van der Waals surface area (Å²) in [5.41, 5.74) is 3.89. The van der Waals surface area contributed by atoms with Crippen LogP contribution in [0.4, 0.5) is 5.69 Å². The number of hydrogen-bond donors (Lipinski definition) is 0. The molecule has 0 aromatic heterocycles. The molecule has 1 aliphatic rings. The zero-order valence-electron chi connectivity index (χ0n) is 11.3. The number of rotatable bonds is 3. The molecule has 2 nitrogen and oxygen atoms in total. The van der Waals surface area contributed by atoms with Gasteiger partial charge in [0.1, 0.15) is 6.73 Å². The molecule has 3 rings (SSSR count). The van der Waals surface area contributed by atoms with E-state index in [4.69, 9.17) is 4.74 Å². The van der Waals surface area contributed by atoms with Crippen molar-refractivity contribution in [2.24, 2.45) is 0 Å². The quantitative estimate of drug-likeness (QED) is 0.831. The third-order valence-corrected chi connectivity index (χ3v) is 3.60. The fourth-order valence-corrected chi connectivity index (χ4v) is 2.48. The summed E-state index contributed by atoms with van der Waals surface area (Å²) in [5, 5.41) is 0. The van der Waals surface area contributed by atoms with Crippen molar-refractivity contribution in [1.82, 2.24) is 0 Å². The average Bonchev–Trinajstić information content (AvgIpc) is 2.89. The summed E-state index contributed by atoms with van der Waals surface area (Å²) in [4.78, 5) is 2.30. The summed E-state index contributed by atoms with van der Waals surface area (Å²) in [7, 11) is 0. The van der Waals surface area contributed by atoms with Crippen LogP contribution in [0.25, 0.3) is 0 Å². The monoisotopic (exact) mass is 253 g/mol. The first-order valence-corrected chi connectivity index (χ1v) is 6.78. The third-order valence-electron chi connectivity index (χ3n) is 3.60. The Bertz CT molecular complexity index is 521. The zero-order valence-corrected chi connectivity index (χ0v) is 11.3. The van der Waals surface area contributed by atoms with Crippen LogP contribution in [0, 0.1) is 6.92 Å². The maximum atomic E-state index is 5.88. The third kappa shape index (κ3) is 2.96. The second kappa shape index (κ2) is 5.45. The molecule has 0 radical (unpaired) electrons. The number of ether oxygens (including phenoxy) is 1. The minimum Gasteiger partial charge on any atom is -0.356 e. The Kier molecular flexibility index (Phi) is 3.51. The molecule has 1 unspecified atom stereocenters. The van der Waals surface area contributed by atoms with Gasteiger partial charge in [-0.05, 0) is 24.6 Å². The first kappa shape index (κ1) is 12.2. The molecule has 2 heteroatoms. The molecule has 0 aliphatic carbocycles. The molecule has 0 bridgehead atoms. The van der Waals surface area contributed by atoms with Gasteiger partial charge in [-0.3, -0.25) is 0 Å². The van der Waals surface area contributed by atoms with Gasteiger partial charge in [-0.1, -0.05) is 48.0 Å². The van der Waals surface area contributed by atoms with Gasteiger partial charge in [-0.25, -0.2) is 0 Å². The molecule has 2 aromatic rings. The second-order valence-corrected chi connectivity index (χ2v) is 5.17. The van der Waals surface area contributed by atoms with Crippen molar-refractivity contribution in [1.29, 1.82) is 0 Å². The van der Waals surface area contributed by atoms with Gasteiger partial charge >= 0.3 is 0 Å². The van der Waals surface area contributed by atoms with Gasteiger partial charge in [0.25, 0.3) is 0 Å². The zero-order chi connectivity index (χ0) is 13.1. The van der Waals surface area contributed by atoms with E-state index in [0.29, 0.717) is 12.8 Å². The highest BCUT2D eigenvalue weighted by Crippen LogP contribution is 2.21. The molecule has 0 amide bonds. The molecule has 0 spiro atoms. The smallest absolute Gasteiger partial charge is 0.119 e. The molecule has 0 saturated carbocycles. The first-order valence-electron chi connectivity index (χ1n) is 6.78. The number of hydrogen-bond acceptors (Lipinski definition) is 2. The van der Waals surface area contributed by atoms with E-state index < -0.39 is 0 Å². The van der Waals surface area contributed by atoms with Crippen molar-refractivity contribution in [3.8, 4) is 0 Å². The van der Waals surface area contributed by atoms with E-state index in [1.165, 1.54) is 16.8 Å². The van der Waals surface area contributed by atoms with Crippen LogP contribution < -0.4 is 4.90 Å². The molecule has 1 aliphatic heterocycles. The van der Waals surface area contributed by atoms with Crippen molar-refractivity contribution in [2.75, 3.05) is 18.2 Å². The van der Waals surface area contributed by atoms with Crippen molar-refractivity contribution < 1.29 is 4.74 Å². The Labute approximate surface area is 114 Å². The lowest BCUT2D eigenvalue weighted by Crippen LogP contribution is -2.22. The van der Waals surface area contributed by atoms with E-state index in [1.807, 2.05) is 0 Å². The van der Waals surface area contributed by atoms with Crippen LogP contribution in [0.3, 0.4) is 0 Å². The Morgan fingerprint density at radius 1 is 1.05 bits per heavy atom. The van der Waals surface area contributed by atoms with Gasteiger partial charge in [0.2, 0.25) is 0 Å². The Morgan fingerprint density at radius 2 is 1.79 bits per heavy atom. The molecule has 19 heavy (non-hydrogen) atoms. The fourth-order valence-electron chi connectivity index (χ4n) is 2.48. The number of aryl methyl sites for hydroxylation is 1. The van der Waals surface area contributed by atoms with E-state index in [1.54, 1.807) is 0 Å². The Morgan fingerprint density at radius 3 is 2.53 bits per heavy atom. The van der Waals surface area contributed by atoms with E-state index in [-0.39, 0.29) is 0 Å². The molecule has 98 valence electrons. The SMILES string of the molecule is Cc1ccc(N2COC(Cc3ccccc3)C2)cc1. The lowest BCUT2D eigenvalue weighted by atomic mass is 10.1. The Balaban J connectivity index is 1.62. The van der Waals surface area contributed by atoms with Crippen LogP contribution in [-0.4, -0.2) is 19.4 Å². The van der Waals surface area contributed by atoms with Gasteiger partial charge < -0.3 is 9.64 Å². The van der Waals surface area contributed by atoms with E-state index >= 15 is 0 Å². The molecule has 1 saturated heterocycles. The van der Waals surface area contributed by atoms with Crippen LogP contribution in [0.15, 0.2) is 54.6 Å². The number of nitrogens with zero attached hydrogens (tertiary/aromatic N) is 1. The van der Waals surface area contributed by atoms with Crippen LogP contribution >= 0.6 is 0 Å². The average molecular weight is 253 g/mol. The molecule has 1 fully saturated rings. The van der Waals surface area contributed by atoms with E-state index in [9.17, 15) is 0 Å². The second-order valence-electron chi connectivity index (χ2n) is 5.17. The minimum absolute atomic E-state index is 0.295. The normalized spacial score (nSPS) is 18.8. The van der Waals surface area contributed by atoms with Gasteiger partial charge in [0.05, 0.1) is 6.10 Å². The summed E-state index contributed by atoms with van der Waals surface area (Å²) >= 11 is 0. The largest absolute Gasteiger partial charge is 0.356 e. The predicted octanol–water partition coefficient (Wildman–Crippen LogP) is 3.40. The van der Waals surface area contributed by atoms with Crippen LogP contribution in [0.5, 0.6) is 0 Å². The lowest BCUT2D eigenvalue weighted by Gasteiger charge is -2.16. The molecule has 1 atom stereocenters. The molecule has 1 heterocycles. The van der Waals surface area contributed by atoms with Gasteiger partial charge in [-0.15, -0.1) is 0 Å². The first-order chi connectivity index (χ1) is 9.31. The highest BCUT2D eigenvalue weighted by atomic mass is 16.5. The maximum Gasteiger partial charge on any atom is 0.119 e.